The van der Waals surface area contributed by atoms with Gasteiger partial charge in [-0.15, -0.1) is 12.6 Å². The fourth-order valence-corrected chi connectivity index (χ4v) is 0. The van der Waals surface area contributed by atoms with Crippen LogP contribution in [0.25, 0.3) is 0 Å². The quantitative estimate of drug-likeness (QED) is 0.314. The van der Waals surface area contributed by atoms with E-state index in [-0.39, 0.29) is 4.91 Å². The molecule has 0 radical (unpaired) electrons. The van der Waals surface area contributed by atoms with Crippen molar-refractivity contribution >= 4 is 29.5 Å². The minimum absolute atomic E-state index is 0.0802. The first-order valence-electron chi connectivity index (χ1n) is 1.22. The van der Waals surface area contributed by atoms with Crippen LogP contribution in [0, 0.1) is 0 Å². The van der Waals surface area contributed by atoms with Crippen LogP contribution in [0.4, 0.5) is 0 Å². The first-order valence-corrected chi connectivity index (χ1v) is 2.05. The highest BCUT2D eigenvalue weighted by Crippen LogP contribution is 1.98. The van der Waals surface area contributed by atoms with Crippen LogP contribution in [-0.4, -0.2) is 5.24 Å². The van der Waals surface area contributed by atoms with E-state index in [1.807, 2.05) is 0 Å². The van der Waals surface area contributed by atoms with Gasteiger partial charge in [-0.05, 0) is 11.6 Å². The third-order valence-corrected chi connectivity index (χ3v) is 0.790. The predicted molar refractivity (Wildman–Crippen MR) is 29.0 cm³/mol. The largest absolute Gasteiger partial charge is 0.275 e. The molecule has 6 heavy (non-hydrogen) atoms. The summed E-state index contributed by atoms with van der Waals surface area (Å²) in [5.41, 5.74) is 0. The third-order valence-electron chi connectivity index (χ3n) is 0.227. The molecule has 0 spiro atoms. The zero-order valence-electron chi connectivity index (χ0n) is 2.94. The van der Waals surface area contributed by atoms with Crippen LogP contribution in [0.1, 0.15) is 0 Å². The Morgan fingerprint density at radius 1 is 1.83 bits per heavy atom. The number of allylic oxidation sites excluding steroid dienone is 1. The Hall–Kier alpha value is 0.0500. The van der Waals surface area contributed by atoms with E-state index in [1.54, 1.807) is 0 Å². The molecule has 0 aromatic carbocycles. The molecule has 0 bridgehead atoms. The molecule has 1 nitrogen and oxygen atoms in total. The van der Waals surface area contributed by atoms with Gasteiger partial charge in [0.05, 0.1) is 4.91 Å². The predicted octanol–water partition coefficient (Wildman–Crippen LogP) is 1.20. The highest BCUT2D eigenvalue weighted by atomic mass is 35.5. The van der Waals surface area contributed by atoms with Crippen molar-refractivity contribution in [2.24, 2.45) is 0 Å². The lowest BCUT2D eigenvalue weighted by molar-refractivity contribution is -0.107. The summed E-state index contributed by atoms with van der Waals surface area (Å²) in [4.78, 5) is 9.81. The lowest BCUT2D eigenvalue weighted by Gasteiger charge is -1.76. The van der Waals surface area contributed by atoms with Gasteiger partial charge in [-0.25, -0.2) is 0 Å². The topological polar surface area (TPSA) is 17.1 Å². The van der Waals surface area contributed by atoms with Gasteiger partial charge in [0, 0.05) is 0 Å². The van der Waals surface area contributed by atoms with Gasteiger partial charge in [0.1, 0.15) is 0 Å². The van der Waals surface area contributed by atoms with E-state index in [1.165, 1.54) is 0 Å². The zero-order chi connectivity index (χ0) is 5.15. The van der Waals surface area contributed by atoms with E-state index in [0.29, 0.717) is 0 Å². The Labute approximate surface area is 46.4 Å². The molecule has 0 aromatic heterocycles. The van der Waals surface area contributed by atoms with Crippen LogP contribution in [0.15, 0.2) is 11.5 Å². The van der Waals surface area contributed by atoms with E-state index in [2.05, 4.69) is 19.2 Å². The molecule has 0 unspecified atom stereocenters. The molecule has 0 rings (SSSR count). The second-order valence-corrected chi connectivity index (χ2v) is 1.60. The van der Waals surface area contributed by atoms with Gasteiger partial charge in [0.25, 0.3) is 5.24 Å². The average Bonchev–Trinajstić information content (AvgIpc) is 1.36. The maximum atomic E-state index is 9.73. The number of halogens is 1. The van der Waals surface area contributed by atoms with E-state index < -0.39 is 5.24 Å². The van der Waals surface area contributed by atoms with E-state index in [9.17, 15) is 4.79 Å². The SMILES string of the molecule is C=C(S)C(=O)Cl. The van der Waals surface area contributed by atoms with Crippen LogP contribution in [0.3, 0.4) is 0 Å². The smallest absolute Gasteiger partial charge is 0.257 e. The Kier molecular flexibility index (Phi) is 2.28. The molecular weight excluding hydrogens is 120 g/mol. The van der Waals surface area contributed by atoms with Crippen LogP contribution < -0.4 is 0 Å². The van der Waals surface area contributed by atoms with Crippen LogP contribution in [-0.2, 0) is 4.79 Å². The van der Waals surface area contributed by atoms with Crippen LogP contribution in [0.2, 0.25) is 0 Å². The maximum Gasteiger partial charge on any atom is 0.257 e. The van der Waals surface area contributed by atoms with Crippen molar-refractivity contribution in [2.45, 2.75) is 0 Å². The number of rotatable bonds is 1. The molecule has 0 aromatic rings. The summed E-state index contributed by atoms with van der Waals surface area (Å²) in [6.07, 6.45) is 0. The van der Waals surface area contributed by atoms with Gasteiger partial charge >= 0.3 is 0 Å². The first-order chi connectivity index (χ1) is 2.64. The Bertz CT molecular complexity index is 76.8. The highest BCUT2D eigenvalue weighted by molar-refractivity contribution is 7.86. The molecule has 0 saturated carbocycles. The summed E-state index contributed by atoms with van der Waals surface area (Å²) in [5.74, 6) is 0. The fourth-order valence-electron chi connectivity index (χ4n) is 0. The van der Waals surface area contributed by atoms with Crippen molar-refractivity contribution in [1.29, 1.82) is 0 Å². The summed E-state index contributed by atoms with van der Waals surface area (Å²) in [6.45, 7) is 3.14. The number of carbonyl (C=O) groups is 1. The molecule has 0 aliphatic carbocycles. The average molecular weight is 123 g/mol. The van der Waals surface area contributed by atoms with Crippen molar-refractivity contribution in [1.82, 2.24) is 0 Å². The van der Waals surface area contributed by atoms with Gasteiger partial charge in [0.2, 0.25) is 0 Å². The second kappa shape index (κ2) is 2.26. The summed E-state index contributed by atoms with van der Waals surface area (Å²) < 4.78 is 0. The monoisotopic (exact) mass is 122 g/mol. The Morgan fingerprint density at radius 2 is 2.00 bits per heavy atom. The molecule has 0 fully saturated rings. The molecule has 0 saturated heterocycles. The van der Waals surface area contributed by atoms with Gasteiger partial charge in [-0.1, -0.05) is 6.58 Å². The normalized spacial score (nSPS) is 7.67. The molecule has 0 aliphatic rings. The number of hydrogen-bond donors (Lipinski definition) is 1. The van der Waals surface area contributed by atoms with Crippen molar-refractivity contribution < 1.29 is 4.79 Å². The minimum atomic E-state index is -0.599. The Morgan fingerprint density at radius 3 is 2.00 bits per heavy atom. The van der Waals surface area contributed by atoms with Crippen molar-refractivity contribution in [3.8, 4) is 0 Å². The maximum absolute atomic E-state index is 9.73. The third kappa shape index (κ3) is 2.30. The number of hydrogen-bond acceptors (Lipinski definition) is 2. The number of thiol groups is 1. The molecule has 0 amide bonds. The highest BCUT2D eigenvalue weighted by Gasteiger charge is 1.91. The summed E-state index contributed by atoms with van der Waals surface area (Å²) in [6, 6.07) is 0. The second-order valence-electron chi connectivity index (χ2n) is 0.720. The molecular formula is C3H3ClOS. The van der Waals surface area contributed by atoms with Gasteiger partial charge < -0.3 is 0 Å². The molecule has 34 valence electrons. The minimum Gasteiger partial charge on any atom is -0.275 e. The van der Waals surface area contributed by atoms with Crippen LogP contribution >= 0.6 is 24.2 Å². The van der Waals surface area contributed by atoms with Crippen molar-refractivity contribution in [2.75, 3.05) is 0 Å². The summed E-state index contributed by atoms with van der Waals surface area (Å²) >= 11 is 8.31. The lowest BCUT2D eigenvalue weighted by atomic mass is 10.7. The molecule has 0 heterocycles. The number of carbonyl (C=O) groups excluding carboxylic acids is 1. The molecule has 0 N–H and O–H groups in total. The standard InChI is InChI=1S/C3H3ClOS/c1-2(6)3(4)5/h6H,1H2. The van der Waals surface area contributed by atoms with Crippen LogP contribution in [0.5, 0.6) is 0 Å². The summed E-state index contributed by atoms with van der Waals surface area (Å²) in [5, 5.41) is -0.599. The van der Waals surface area contributed by atoms with E-state index in [0.717, 1.165) is 0 Å². The van der Waals surface area contributed by atoms with Gasteiger partial charge in [0.15, 0.2) is 0 Å². The molecule has 0 aliphatic heterocycles. The van der Waals surface area contributed by atoms with Gasteiger partial charge in [-0.2, -0.15) is 0 Å². The molecule has 3 heteroatoms. The fraction of sp³-hybridized carbons (Fsp3) is 0. The summed E-state index contributed by atoms with van der Waals surface area (Å²) in [7, 11) is 0. The van der Waals surface area contributed by atoms with Crippen molar-refractivity contribution in [3.05, 3.63) is 11.5 Å². The van der Waals surface area contributed by atoms with Crippen molar-refractivity contribution in [3.63, 3.8) is 0 Å². The lowest BCUT2D eigenvalue weighted by Crippen LogP contribution is -1.78. The zero-order valence-corrected chi connectivity index (χ0v) is 4.59. The van der Waals surface area contributed by atoms with E-state index >= 15 is 0 Å². The molecule has 0 atom stereocenters. The Balaban J connectivity index is 3.57. The van der Waals surface area contributed by atoms with Gasteiger partial charge in [-0.3, -0.25) is 4.79 Å². The first kappa shape index (κ1) is 6.05. The van der Waals surface area contributed by atoms with E-state index in [4.69, 9.17) is 11.6 Å².